The number of rotatable bonds is 5. The summed E-state index contributed by atoms with van der Waals surface area (Å²) < 4.78 is 0. The minimum Gasteiger partial charge on any atom is -0.387 e. The monoisotopic (exact) mass is 254 g/mol. The van der Waals surface area contributed by atoms with Crippen molar-refractivity contribution in [3.05, 3.63) is 22.4 Å². The van der Waals surface area contributed by atoms with E-state index in [9.17, 15) is 9.90 Å². The summed E-state index contributed by atoms with van der Waals surface area (Å²) >= 11 is 1.64. The second kappa shape index (κ2) is 5.16. The van der Waals surface area contributed by atoms with E-state index in [2.05, 4.69) is 5.32 Å². The van der Waals surface area contributed by atoms with Crippen molar-refractivity contribution >= 4 is 17.2 Å². The molecule has 2 heterocycles. The molecule has 1 saturated heterocycles. The third kappa shape index (κ3) is 3.28. The highest BCUT2D eigenvalue weighted by molar-refractivity contribution is 7.09. The molecule has 1 fully saturated rings. The van der Waals surface area contributed by atoms with Crippen LogP contribution in [0.5, 0.6) is 0 Å². The Balaban J connectivity index is 1.66. The molecule has 0 atom stereocenters. The number of amides is 1. The van der Waals surface area contributed by atoms with E-state index >= 15 is 0 Å². The summed E-state index contributed by atoms with van der Waals surface area (Å²) in [6.45, 7) is 4.16. The van der Waals surface area contributed by atoms with Crippen molar-refractivity contribution in [3.8, 4) is 0 Å². The van der Waals surface area contributed by atoms with Gasteiger partial charge in [0.15, 0.2) is 0 Å². The van der Waals surface area contributed by atoms with Crippen LogP contribution in [-0.2, 0) is 11.3 Å². The summed E-state index contributed by atoms with van der Waals surface area (Å²) in [5.74, 6) is 0.0246. The summed E-state index contributed by atoms with van der Waals surface area (Å²) in [7, 11) is 0. The molecule has 4 nitrogen and oxygen atoms in total. The number of β-amino-alcohol motifs (C(OH)–C–C–N with tert-alkyl or cyclic N) is 1. The Morgan fingerprint density at radius 2 is 2.41 bits per heavy atom. The van der Waals surface area contributed by atoms with Crippen LogP contribution in [0.15, 0.2) is 17.5 Å². The molecule has 0 bridgehead atoms. The molecule has 0 aliphatic carbocycles. The Bertz CT molecular complexity index is 372. The van der Waals surface area contributed by atoms with Gasteiger partial charge >= 0.3 is 0 Å². The lowest BCUT2D eigenvalue weighted by molar-refractivity contribution is -0.133. The third-order valence-electron chi connectivity index (χ3n) is 3.10. The van der Waals surface area contributed by atoms with Gasteiger partial charge in [-0.3, -0.25) is 9.69 Å². The van der Waals surface area contributed by atoms with Crippen LogP contribution >= 0.6 is 11.3 Å². The number of carbonyl (C=O) groups excluding carboxylic acids is 1. The predicted molar refractivity (Wildman–Crippen MR) is 67.8 cm³/mol. The Kier molecular flexibility index (Phi) is 3.81. The largest absolute Gasteiger partial charge is 0.387 e. The van der Waals surface area contributed by atoms with Crippen LogP contribution in [0.25, 0.3) is 0 Å². The maximum atomic E-state index is 11.6. The number of thiophene rings is 1. The minimum atomic E-state index is -0.561. The molecule has 2 N–H and O–H groups in total. The van der Waals surface area contributed by atoms with Crippen LogP contribution in [0, 0.1) is 0 Å². The van der Waals surface area contributed by atoms with Crippen LogP contribution in [0.1, 0.15) is 18.2 Å². The maximum Gasteiger partial charge on any atom is 0.234 e. The second-order valence-corrected chi connectivity index (χ2v) is 5.61. The SMILES string of the molecule is CCC1(O)CN(CC(=O)NCc2cccs2)C1. The Morgan fingerprint density at radius 1 is 1.65 bits per heavy atom. The molecule has 1 aliphatic heterocycles. The van der Waals surface area contributed by atoms with E-state index in [1.807, 2.05) is 29.3 Å². The number of carbonyl (C=O) groups is 1. The first-order valence-corrected chi connectivity index (χ1v) is 6.73. The van der Waals surface area contributed by atoms with Crippen LogP contribution in [0.4, 0.5) is 0 Å². The molecule has 1 amide bonds. The van der Waals surface area contributed by atoms with Gasteiger partial charge in [0.1, 0.15) is 0 Å². The molecular weight excluding hydrogens is 236 g/mol. The van der Waals surface area contributed by atoms with Crippen LogP contribution in [0.3, 0.4) is 0 Å². The molecule has 0 saturated carbocycles. The van der Waals surface area contributed by atoms with E-state index in [0.29, 0.717) is 26.2 Å². The fourth-order valence-electron chi connectivity index (χ4n) is 1.98. The summed E-state index contributed by atoms with van der Waals surface area (Å²) in [5, 5.41) is 14.7. The molecule has 2 rings (SSSR count). The molecule has 0 aromatic carbocycles. The highest BCUT2D eigenvalue weighted by atomic mass is 32.1. The number of aliphatic hydroxyl groups is 1. The zero-order chi connectivity index (χ0) is 12.3. The Morgan fingerprint density at radius 3 is 3.00 bits per heavy atom. The second-order valence-electron chi connectivity index (χ2n) is 4.58. The molecule has 0 unspecified atom stereocenters. The van der Waals surface area contributed by atoms with Crippen molar-refractivity contribution in [2.24, 2.45) is 0 Å². The van der Waals surface area contributed by atoms with Gasteiger partial charge in [0, 0.05) is 18.0 Å². The number of nitrogens with zero attached hydrogens (tertiary/aromatic N) is 1. The minimum absolute atomic E-state index is 0.0246. The first-order chi connectivity index (χ1) is 8.11. The highest BCUT2D eigenvalue weighted by Crippen LogP contribution is 2.23. The van der Waals surface area contributed by atoms with E-state index < -0.39 is 5.60 Å². The van der Waals surface area contributed by atoms with Gasteiger partial charge in [-0.05, 0) is 17.9 Å². The first-order valence-electron chi connectivity index (χ1n) is 5.85. The maximum absolute atomic E-state index is 11.6. The van der Waals surface area contributed by atoms with E-state index in [4.69, 9.17) is 0 Å². The standard InChI is InChI=1S/C12H18N2O2S/c1-2-12(16)8-14(9-12)7-11(15)13-6-10-4-3-5-17-10/h3-5,16H,2,6-9H2,1H3,(H,13,15). The zero-order valence-electron chi connectivity index (χ0n) is 9.98. The molecule has 1 aromatic heterocycles. The normalized spacial score (nSPS) is 18.7. The van der Waals surface area contributed by atoms with Crippen molar-refractivity contribution in [2.45, 2.75) is 25.5 Å². The lowest BCUT2D eigenvalue weighted by Crippen LogP contribution is -2.62. The molecule has 0 spiro atoms. The van der Waals surface area contributed by atoms with Gasteiger partial charge < -0.3 is 10.4 Å². The van der Waals surface area contributed by atoms with Gasteiger partial charge in [0.05, 0.1) is 18.7 Å². The summed E-state index contributed by atoms with van der Waals surface area (Å²) in [4.78, 5) is 14.7. The number of nitrogens with one attached hydrogen (secondary N) is 1. The quantitative estimate of drug-likeness (QED) is 0.818. The zero-order valence-corrected chi connectivity index (χ0v) is 10.8. The van der Waals surface area contributed by atoms with Crippen LogP contribution in [0.2, 0.25) is 0 Å². The Labute approximate surface area is 105 Å². The molecule has 5 heteroatoms. The fourth-order valence-corrected chi connectivity index (χ4v) is 2.62. The lowest BCUT2D eigenvalue weighted by Gasteiger charge is -2.45. The molecule has 1 aromatic rings. The third-order valence-corrected chi connectivity index (χ3v) is 3.98. The van der Waals surface area contributed by atoms with Gasteiger partial charge in [0.25, 0.3) is 0 Å². The van der Waals surface area contributed by atoms with Gasteiger partial charge in [-0.25, -0.2) is 0 Å². The average Bonchev–Trinajstić information content (AvgIpc) is 2.77. The van der Waals surface area contributed by atoms with Gasteiger partial charge in [-0.15, -0.1) is 11.3 Å². The van der Waals surface area contributed by atoms with Crippen LogP contribution in [-0.4, -0.2) is 41.1 Å². The molecule has 0 radical (unpaired) electrons. The first kappa shape index (κ1) is 12.5. The number of hydrogen-bond acceptors (Lipinski definition) is 4. The van der Waals surface area contributed by atoms with Crippen LogP contribution < -0.4 is 5.32 Å². The smallest absolute Gasteiger partial charge is 0.234 e. The van der Waals surface area contributed by atoms with Crippen molar-refractivity contribution in [3.63, 3.8) is 0 Å². The molecule has 1 aliphatic rings. The van der Waals surface area contributed by atoms with E-state index in [1.165, 1.54) is 0 Å². The van der Waals surface area contributed by atoms with E-state index in [-0.39, 0.29) is 5.91 Å². The van der Waals surface area contributed by atoms with Gasteiger partial charge in [-0.1, -0.05) is 13.0 Å². The van der Waals surface area contributed by atoms with Crippen molar-refractivity contribution in [2.75, 3.05) is 19.6 Å². The number of likely N-dealkylation sites (tertiary alicyclic amines) is 1. The lowest BCUT2D eigenvalue weighted by atomic mass is 9.91. The fraction of sp³-hybridized carbons (Fsp3) is 0.583. The average molecular weight is 254 g/mol. The molecule has 17 heavy (non-hydrogen) atoms. The predicted octanol–water partition coefficient (Wildman–Crippen LogP) is 0.821. The van der Waals surface area contributed by atoms with E-state index in [1.54, 1.807) is 11.3 Å². The molecule has 94 valence electrons. The van der Waals surface area contributed by atoms with Gasteiger partial charge in [0.2, 0.25) is 5.91 Å². The van der Waals surface area contributed by atoms with Crippen molar-refractivity contribution < 1.29 is 9.90 Å². The summed E-state index contributed by atoms with van der Waals surface area (Å²) in [6, 6.07) is 3.98. The number of hydrogen-bond donors (Lipinski definition) is 2. The Hall–Kier alpha value is -0.910. The van der Waals surface area contributed by atoms with Gasteiger partial charge in [-0.2, -0.15) is 0 Å². The highest BCUT2D eigenvalue weighted by Gasteiger charge is 2.39. The topological polar surface area (TPSA) is 52.6 Å². The van der Waals surface area contributed by atoms with Crippen molar-refractivity contribution in [1.29, 1.82) is 0 Å². The van der Waals surface area contributed by atoms with Crippen molar-refractivity contribution in [1.82, 2.24) is 10.2 Å². The summed E-state index contributed by atoms with van der Waals surface area (Å²) in [6.07, 6.45) is 0.750. The molecular formula is C12H18N2O2S. The van der Waals surface area contributed by atoms with E-state index in [0.717, 1.165) is 11.3 Å². The summed E-state index contributed by atoms with van der Waals surface area (Å²) in [5.41, 5.74) is -0.561.